The maximum absolute atomic E-state index is 12.9. The third kappa shape index (κ3) is 4.18. The Hall–Kier alpha value is -3.65. The number of nitro groups is 2. The lowest BCUT2D eigenvalue weighted by Gasteiger charge is -2.25. The van der Waals surface area contributed by atoms with E-state index in [0.29, 0.717) is 28.8 Å². The van der Waals surface area contributed by atoms with Crippen LogP contribution in [0.4, 0.5) is 11.4 Å². The predicted octanol–water partition coefficient (Wildman–Crippen LogP) is 3.53. The van der Waals surface area contributed by atoms with Crippen molar-refractivity contribution in [3.8, 4) is 0 Å². The lowest BCUT2D eigenvalue weighted by Crippen LogP contribution is -2.40. The second-order valence-electron chi connectivity index (χ2n) is 6.40. The third-order valence-corrected chi connectivity index (χ3v) is 4.49. The Morgan fingerprint density at radius 1 is 0.893 bits per heavy atom. The van der Waals surface area contributed by atoms with Crippen LogP contribution in [0, 0.1) is 20.2 Å². The minimum absolute atomic E-state index is 0.0115. The summed E-state index contributed by atoms with van der Waals surface area (Å²) in [5.74, 6) is -0.122. The summed E-state index contributed by atoms with van der Waals surface area (Å²) in [6, 6.07) is 11.8. The first-order valence-corrected chi connectivity index (χ1v) is 8.54. The van der Waals surface area contributed by atoms with Crippen molar-refractivity contribution in [1.82, 2.24) is 5.32 Å². The zero-order chi connectivity index (χ0) is 20.3. The first-order valence-electron chi connectivity index (χ1n) is 8.54. The van der Waals surface area contributed by atoms with E-state index in [1.165, 1.54) is 24.3 Å². The average molecular weight is 379 g/mol. The van der Waals surface area contributed by atoms with Gasteiger partial charge in [0.25, 0.3) is 11.4 Å². The van der Waals surface area contributed by atoms with Crippen LogP contribution in [0.25, 0.3) is 12.2 Å². The van der Waals surface area contributed by atoms with Crippen LogP contribution in [-0.4, -0.2) is 28.2 Å². The quantitative estimate of drug-likeness (QED) is 0.494. The van der Waals surface area contributed by atoms with Gasteiger partial charge in [-0.15, -0.1) is 0 Å². The Kier molecular flexibility index (Phi) is 5.42. The van der Waals surface area contributed by atoms with Crippen molar-refractivity contribution in [1.29, 1.82) is 0 Å². The van der Waals surface area contributed by atoms with Crippen LogP contribution in [0.2, 0.25) is 0 Å². The smallest absolute Gasteiger partial charge is 0.269 e. The van der Waals surface area contributed by atoms with E-state index in [2.05, 4.69) is 5.32 Å². The van der Waals surface area contributed by atoms with E-state index >= 15 is 0 Å². The van der Waals surface area contributed by atoms with Crippen molar-refractivity contribution in [3.05, 3.63) is 91.0 Å². The van der Waals surface area contributed by atoms with Crippen LogP contribution in [0.15, 0.2) is 59.7 Å². The van der Waals surface area contributed by atoms with E-state index in [4.69, 9.17) is 0 Å². The third-order valence-electron chi connectivity index (χ3n) is 4.49. The fourth-order valence-corrected chi connectivity index (χ4v) is 2.91. The molecule has 28 heavy (non-hydrogen) atoms. The van der Waals surface area contributed by atoms with Gasteiger partial charge in [0, 0.05) is 48.0 Å². The molecule has 1 unspecified atom stereocenters. The van der Waals surface area contributed by atoms with Crippen molar-refractivity contribution in [3.63, 3.8) is 0 Å². The molecule has 0 radical (unpaired) electrons. The second-order valence-corrected chi connectivity index (χ2v) is 6.40. The number of carbonyl (C=O) groups is 1. The fraction of sp³-hybridized carbons (Fsp3) is 0.150. The lowest BCUT2D eigenvalue weighted by molar-refractivity contribution is -0.385. The molecule has 0 aliphatic carbocycles. The Morgan fingerprint density at radius 3 is 1.82 bits per heavy atom. The summed E-state index contributed by atoms with van der Waals surface area (Å²) < 4.78 is 0. The summed E-state index contributed by atoms with van der Waals surface area (Å²) in [7, 11) is 0. The van der Waals surface area contributed by atoms with Crippen molar-refractivity contribution >= 4 is 29.3 Å². The number of hydrogen-bond acceptors (Lipinski definition) is 6. The zero-order valence-corrected chi connectivity index (χ0v) is 15.0. The minimum Gasteiger partial charge on any atom is -0.306 e. The highest BCUT2D eigenvalue weighted by molar-refractivity contribution is 6.15. The largest absolute Gasteiger partial charge is 0.306 e. The molecule has 3 rings (SSSR count). The first-order chi connectivity index (χ1) is 13.3. The summed E-state index contributed by atoms with van der Waals surface area (Å²) in [5, 5.41) is 24.7. The van der Waals surface area contributed by atoms with Gasteiger partial charge < -0.3 is 5.32 Å². The number of carbonyl (C=O) groups excluding carboxylic acids is 1. The van der Waals surface area contributed by atoms with Crippen LogP contribution in [0.1, 0.15) is 18.1 Å². The molecule has 8 nitrogen and oxygen atoms in total. The Balaban J connectivity index is 1.87. The molecule has 1 saturated heterocycles. The van der Waals surface area contributed by atoms with Crippen LogP contribution < -0.4 is 5.32 Å². The maximum atomic E-state index is 12.9. The van der Waals surface area contributed by atoms with Crippen molar-refractivity contribution in [2.45, 2.75) is 13.0 Å². The molecule has 1 heterocycles. The number of nitro benzene ring substituents is 2. The number of nitrogens with zero attached hydrogens (tertiary/aromatic N) is 2. The molecule has 0 spiro atoms. The van der Waals surface area contributed by atoms with Gasteiger partial charge in [-0.05, 0) is 54.5 Å². The van der Waals surface area contributed by atoms with Gasteiger partial charge in [-0.1, -0.05) is 0 Å². The summed E-state index contributed by atoms with van der Waals surface area (Å²) in [4.78, 5) is 33.5. The van der Waals surface area contributed by atoms with Gasteiger partial charge in [0.1, 0.15) is 0 Å². The minimum atomic E-state index is -0.475. The van der Waals surface area contributed by atoms with Crippen molar-refractivity contribution in [2.24, 2.45) is 0 Å². The monoisotopic (exact) mass is 379 g/mol. The summed E-state index contributed by atoms with van der Waals surface area (Å²) >= 11 is 0. The molecule has 1 aliphatic rings. The Morgan fingerprint density at radius 2 is 1.36 bits per heavy atom. The van der Waals surface area contributed by atoms with Gasteiger partial charge in [0.15, 0.2) is 5.78 Å². The molecular weight excluding hydrogens is 362 g/mol. The van der Waals surface area contributed by atoms with Crippen LogP contribution in [0.3, 0.4) is 0 Å². The molecule has 0 saturated carbocycles. The molecule has 1 aliphatic heterocycles. The first kappa shape index (κ1) is 19.1. The van der Waals surface area contributed by atoms with Gasteiger partial charge in [-0.2, -0.15) is 0 Å². The van der Waals surface area contributed by atoms with Crippen LogP contribution >= 0.6 is 0 Å². The standard InChI is InChI=1S/C20H17N3O5/c1-13-19(11-15-4-8-18(9-5-15)23(27)28)20(24)16(12-21-13)10-14-2-6-17(7-3-14)22(25)26/h2-11,13,21H,12H2,1H3/b16-10+,19-11+. The van der Waals surface area contributed by atoms with Gasteiger partial charge >= 0.3 is 0 Å². The highest BCUT2D eigenvalue weighted by atomic mass is 16.6. The van der Waals surface area contributed by atoms with E-state index in [0.717, 1.165) is 0 Å². The summed E-state index contributed by atoms with van der Waals surface area (Å²) in [5.41, 5.74) is 2.46. The number of nitrogens with one attached hydrogen (secondary N) is 1. The molecular formula is C20H17N3O5. The van der Waals surface area contributed by atoms with E-state index in [-0.39, 0.29) is 23.2 Å². The molecule has 1 fully saturated rings. The van der Waals surface area contributed by atoms with E-state index in [1.54, 1.807) is 36.4 Å². The normalized spacial score (nSPS) is 19.8. The number of benzene rings is 2. The Bertz CT molecular complexity index is 992. The lowest BCUT2D eigenvalue weighted by atomic mass is 9.90. The van der Waals surface area contributed by atoms with E-state index < -0.39 is 9.85 Å². The number of Topliss-reactive ketones (excluding diaryl/α,β-unsaturated/α-hetero) is 1. The second kappa shape index (κ2) is 7.93. The Labute approximate surface area is 160 Å². The molecule has 2 aromatic carbocycles. The van der Waals surface area contributed by atoms with E-state index in [1.807, 2.05) is 6.92 Å². The number of piperidine rings is 1. The fourth-order valence-electron chi connectivity index (χ4n) is 2.91. The zero-order valence-electron chi connectivity index (χ0n) is 15.0. The number of non-ortho nitro benzene ring substituents is 2. The SMILES string of the molecule is CC1NC/C(=C\c2ccc([N+](=O)[O-])cc2)C(=O)/C1=C/c1ccc([N+](=O)[O-])cc1. The predicted molar refractivity (Wildman–Crippen MR) is 105 cm³/mol. The maximum Gasteiger partial charge on any atom is 0.269 e. The van der Waals surface area contributed by atoms with E-state index in [9.17, 15) is 25.0 Å². The highest BCUT2D eigenvalue weighted by Gasteiger charge is 2.26. The summed E-state index contributed by atoms with van der Waals surface area (Å²) in [6.45, 7) is 2.26. The van der Waals surface area contributed by atoms with Gasteiger partial charge in [-0.3, -0.25) is 25.0 Å². The molecule has 2 aromatic rings. The molecule has 1 N–H and O–H groups in total. The number of hydrogen-bond donors (Lipinski definition) is 1. The average Bonchev–Trinajstić information content (AvgIpc) is 2.68. The van der Waals surface area contributed by atoms with Gasteiger partial charge in [0.05, 0.1) is 9.85 Å². The van der Waals surface area contributed by atoms with Gasteiger partial charge in [0.2, 0.25) is 0 Å². The van der Waals surface area contributed by atoms with Crippen LogP contribution in [0.5, 0.6) is 0 Å². The molecule has 8 heteroatoms. The van der Waals surface area contributed by atoms with Crippen LogP contribution in [-0.2, 0) is 4.79 Å². The molecule has 0 aromatic heterocycles. The summed E-state index contributed by atoms with van der Waals surface area (Å²) in [6.07, 6.45) is 3.42. The number of rotatable bonds is 4. The number of ketones is 1. The van der Waals surface area contributed by atoms with Gasteiger partial charge in [-0.25, -0.2) is 0 Å². The molecule has 1 atom stereocenters. The highest BCUT2D eigenvalue weighted by Crippen LogP contribution is 2.23. The van der Waals surface area contributed by atoms with Crippen molar-refractivity contribution in [2.75, 3.05) is 6.54 Å². The van der Waals surface area contributed by atoms with Crippen molar-refractivity contribution < 1.29 is 14.6 Å². The topological polar surface area (TPSA) is 115 Å². The molecule has 142 valence electrons. The molecule has 0 amide bonds. The molecule has 0 bridgehead atoms.